The van der Waals surface area contributed by atoms with E-state index in [1.807, 2.05) is 0 Å². The van der Waals surface area contributed by atoms with Gasteiger partial charge in [-0.3, -0.25) is 4.79 Å². The Morgan fingerprint density at radius 3 is 2.54 bits per heavy atom. The molecule has 9 heteroatoms. The molecular weight excluding hydrogens is 357 g/mol. The fourth-order valence-corrected chi connectivity index (χ4v) is 2.90. The molecule has 3 rings (SSSR count). The van der Waals surface area contributed by atoms with Crippen LogP contribution in [-0.4, -0.2) is 16.3 Å². The summed E-state index contributed by atoms with van der Waals surface area (Å²) >= 11 is 0. The third kappa shape index (κ3) is 2.53. The number of carbonyl (C=O) groups excluding carboxylic acids is 1. The number of carbonyl (C=O) groups is 1. The fraction of sp³-hybridized carbons (Fsp3) is 0.235. The number of nitrogens with zero attached hydrogens (tertiary/aromatic N) is 3. The fourth-order valence-electron chi connectivity index (χ4n) is 2.90. The highest BCUT2D eigenvalue weighted by Crippen LogP contribution is 2.42. The monoisotopic (exact) mass is 365 g/mol. The standard InChI is InChI=1S/C17H8F5N3O/c18-12-2-1-10(5-9(12)6-23)25-7-11(17(21,22)8-24)14-13(25)3-4-16(19,20)15(14)26/h1-2,5,7H,3-4H2. The number of nitriles is 2. The smallest absolute Gasteiger partial charge is 0.320 e. The van der Waals surface area contributed by atoms with E-state index in [0.717, 1.165) is 22.8 Å². The van der Waals surface area contributed by atoms with Gasteiger partial charge >= 0.3 is 11.8 Å². The van der Waals surface area contributed by atoms with Gasteiger partial charge in [-0.15, -0.1) is 0 Å². The Kier molecular flexibility index (Phi) is 3.84. The number of hydrogen-bond acceptors (Lipinski definition) is 3. The minimum Gasteiger partial charge on any atom is -0.320 e. The topological polar surface area (TPSA) is 69.6 Å². The van der Waals surface area contributed by atoms with Crippen LogP contribution in [0.1, 0.15) is 33.6 Å². The molecule has 0 saturated carbocycles. The molecule has 0 unspecified atom stereocenters. The molecule has 1 aromatic heterocycles. The molecule has 0 saturated heterocycles. The number of hydrogen-bond donors (Lipinski definition) is 0. The summed E-state index contributed by atoms with van der Waals surface area (Å²) in [5.74, 6) is -10.6. The second-order valence-corrected chi connectivity index (χ2v) is 5.73. The lowest BCUT2D eigenvalue weighted by Crippen LogP contribution is -2.35. The number of halogens is 5. The Balaban J connectivity index is 2.31. The number of rotatable bonds is 2. The molecule has 2 aromatic rings. The van der Waals surface area contributed by atoms with Crippen molar-refractivity contribution < 1.29 is 26.7 Å². The molecule has 0 aliphatic heterocycles. The summed E-state index contributed by atoms with van der Waals surface area (Å²) in [6.07, 6.45) is -0.580. The number of Topliss-reactive ketones (excluding diaryl/α,β-unsaturated/α-hetero) is 1. The minimum atomic E-state index is -4.17. The van der Waals surface area contributed by atoms with Crippen LogP contribution in [0.3, 0.4) is 0 Å². The Labute approximate surface area is 143 Å². The van der Waals surface area contributed by atoms with Crippen LogP contribution in [0.5, 0.6) is 0 Å². The van der Waals surface area contributed by atoms with Crippen molar-refractivity contribution in [2.45, 2.75) is 24.7 Å². The summed E-state index contributed by atoms with van der Waals surface area (Å²) in [4.78, 5) is 12.0. The largest absolute Gasteiger partial charge is 0.359 e. The van der Waals surface area contributed by atoms with Crippen LogP contribution in [0, 0.1) is 28.5 Å². The third-order valence-corrected chi connectivity index (χ3v) is 4.17. The molecule has 26 heavy (non-hydrogen) atoms. The Morgan fingerprint density at radius 2 is 1.92 bits per heavy atom. The molecule has 0 bridgehead atoms. The van der Waals surface area contributed by atoms with Gasteiger partial charge in [0.05, 0.1) is 16.7 Å². The molecule has 132 valence electrons. The van der Waals surface area contributed by atoms with Crippen molar-refractivity contribution in [1.82, 2.24) is 4.57 Å². The molecule has 0 spiro atoms. The molecule has 1 aliphatic rings. The SMILES string of the molecule is N#Cc1cc(-n2cc(C(F)(F)C#N)c3c2CCC(F)(F)C3=O)ccc1F. The maximum absolute atomic E-state index is 14.0. The van der Waals surface area contributed by atoms with Crippen molar-refractivity contribution in [1.29, 1.82) is 10.5 Å². The van der Waals surface area contributed by atoms with Gasteiger partial charge < -0.3 is 4.57 Å². The molecule has 0 fully saturated rings. The summed E-state index contributed by atoms with van der Waals surface area (Å²) < 4.78 is 69.9. The van der Waals surface area contributed by atoms with Crippen LogP contribution < -0.4 is 0 Å². The van der Waals surface area contributed by atoms with Crippen LogP contribution in [0.15, 0.2) is 24.4 Å². The summed E-state index contributed by atoms with van der Waals surface area (Å²) in [6.45, 7) is 0. The lowest BCUT2D eigenvalue weighted by molar-refractivity contribution is 0.000398. The quantitative estimate of drug-likeness (QED) is 0.759. The number of alkyl halides is 4. The van der Waals surface area contributed by atoms with Crippen molar-refractivity contribution in [2.75, 3.05) is 0 Å². The van der Waals surface area contributed by atoms with Crippen molar-refractivity contribution in [3.8, 4) is 17.8 Å². The number of fused-ring (bicyclic) bond motifs is 1. The van der Waals surface area contributed by atoms with E-state index in [2.05, 4.69) is 0 Å². The minimum absolute atomic E-state index is 0.0391. The predicted molar refractivity (Wildman–Crippen MR) is 77.5 cm³/mol. The maximum Gasteiger partial charge on any atom is 0.359 e. The van der Waals surface area contributed by atoms with Crippen molar-refractivity contribution >= 4 is 5.78 Å². The molecule has 1 aromatic carbocycles. The number of ketones is 1. The summed E-state index contributed by atoms with van der Waals surface area (Å²) in [7, 11) is 0. The second-order valence-electron chi connectivity index (χ2n) is 5.73. The highest BCUT2D eigenvalue weighted by atomic mass is 19.3. The molecule has 4 nitrogen and oxygen atoms in total. The number of benzene rings is 1. The van der Waals surface area contributed by atoms with Gasteiger partial charge in [0, 0.05) is 24.0 Å². The van der Waals surface area contributed by atoms with E-state index in [1.165, 1.54) is 0 Å². The lowest BCUT2D eigenvalue weighted by atomic mass is 9.89. The molecular formula is C17H8F5N3O. The Morgan fingerprint density at radius 1 is 1.23 bits per heavy atom. The van der Waals surface area contributed by atoms with E-state index < -0.39 is 47.4 Å². The molecule has 1 aliphatic carbocycles. The molecule has 0 atom stereocenters. The normalized spacial score (nSPS) is 15.9. The third-order valence-electron chi connectivity index (χ3n) is 4.17. The van der Waals surface area contributed by atoms with Gasteiger partial charge in [0.15, 0.2) is 0 Å². The van der Waals surface area contributed by atoms with E-state index in [1.54, 1.807) is 6.07 Å². The average molecular weight is 365 g/mol. The average Bonchev–Trinajstić information content (AvgIpc) is 2.99. The van der Waals surface area contributed by atoms with Crippen molar-refractivity contribution in [3.05, 3.63) is 52.6 Å². The Hall–Kier alpha value is -3.20. The Bertz CT molecular complexity index is 1010. The van der Waals surface area contributed by atoms with Gasteiger partial charge in [0.25, 0.3) is 0 Å². The van der Waals surface area contributed by atoms with Gasteiger partial charge in [-0.1, -0.05) is 0 Å². The van der Waals surface area contributed by atoms with E-state index in [4.69, 9.17) is 10.5 Å². The highest BCUT2D eigenvalue weighted by molar-refractivity contribution is 6.05. The van der Waals surface area contributed by atoms with Crippen LogP contribution >= 0.6 is 0 Å². The second kappa shape index (κ2) is 5.67. The van der Waals surface area contributed by atoms with Gasteiger partial charge in [-0.05, 0) is 24.6 Å². The maximum atomic E-state index is 14.0. The predicted octanol–water partition coefficient (Wildman–Crippen LogP) is 3.87. The lowest BCUT2D eigenvalue weighted by Gasteiger charge is -2.23. The molecule has 0 amide bonds. The van der Waals surface area contributed by atoms with Crippen LogP contribution in [0.25, 0.3) is 5.69 Å². The number of aromatic nitrogens is 1. The van der Waals surface area contributed by atoms with E-state index in [-0.39, 0.29) is 16.9 Å². The van der Waals surface area contributed by atoms with Crippen LogP contribution in [-0.2, 0) is 12.3 Å². The summed E-state index contributed by atoms with van der Waals surface area (Å²) in [5.41, 5.74) is -2.53. The first-order valence-electron chi connectivity index (χ1n) is 7.29. The van der Waals surface area contributed by atoms with Crippen LogP contribution in [0.4, 0.5) is 22.0 Å². The first-order valence-corrected chi connectivity index (χ1v) is 7.29. The van der Waals surface area contributed by atoms with E-state index >= 15 is 0 Å². The zero-order chi connectivity index (χ0) is 19.3. The first-order chi connectivity index (χ1) is 12.1. The van der Waals surface area contributed by atoms with Gasteiger partial charge in [-0.2, -0.15) is 28.1 Å². The zero-order valence-electron chi connectivity index (χ0n) is 12.9. The summed E-state index contributed by atoms with van der Waals surface area (Å²) in [5, 5.41) is 17.6. The summed E-state index contributed by atoms with van der Waals surface area (Å²) in [6, 6.07) is 5.39. The molecule has 1 heterocycles. The van der Waals surface area contributed by atoms with Crippen molar-refractivity contribution in [3.63, 3.8) is 0 Å². The zero-order valence-corrected chi connectivity index (χ0v) is 12.9. The van der Waals surface area contributed by atoms with E-state index in [0.29, 0.717) is 12.3 Å². The van der Waals surface area contributed by atoms with Gasteiger partial charge in [0.1, 0.15) is 18.0 Å². The highest BCUT2D eigenvalue weighted by Gasteiger charge is 2.50. The van der Waals surface area contributed by atoms with Gasteiger partial charge in [0.2, 0.25) is 5.78 Å². The first kappa shape index (κ1) is 17.6. The molecule has 0 radical (unpaired) electrons. The van der Waals surface area contributed by atoms with Crippen LogP contribution in [0.2, 0.25) is 0 Å². The molecule has 0 N–H and O–H groups in total. The van der Waals surface area contributed by atoms with Gasteiger partial charge in [-0.25, -0.2) is 4.39 Å². The van der Waals surface area contributed by atoms with E-state index in [9.17, 15) is 26.7 Å². The van der Waals surface area contributed by atoms with Crippen molar-refractivity contribution in [2.24, 2.45) is 0 Å².